The third kappa shape index (κ3) is 9.06. The predicted molar refractivity (Wildman–Crippen MR) is 94.2 cm³/mol. The molecule has 0 bridgehead atoms. The normalized spacial score (nSPS) is 15.0. The fourth-order valence-corrected chi connectivity index (χ4v) is 2.32. The van der Waals surface area contributed by atoms with Crippen LogP contribution < -0.4 is 0 Å². The van der Waals surface area contributed by atoms with Crippen molar-refractivity contribution in [2.24, 2.45) is 0 Å². The number of hydrogen-bond donors (Lipinski definition) is 0. The van der Waals surface area contributed by atoms with Crippen molar-refractivity contribution in [3.05, 3.63) is 0 Å². The summed E-state index contributed by atoms with van der Waals surface area (Å²) in [4.78, 5) is 6.89. The lowest BCUT2D eigenvalue weighted by Gasteiger charge is -2.31. The Hall–Kier alpha value is -0.200. The van der Waals surface area contributed by atoms with Gasteiger partial charge < -0.3 is 19.3 Å². The van der Waals surface area contributed by atoms with Crippen molar-refractivity contribution >= 4 is 0 Å². The molecule has 0 aliphatic rings. The van der Waals surface area contributed by atoms with Crippen molar-refractivity contribution < 1.29 is 9.47 Å². The number of ether oxygens (including phenoxy) is 2. The van der Waals surface area contributed by atoms with E-state index in [1.807, 2.05) is 0 Å². The fourth-order valence-electron chi connectivity index (χ4n) is 2.32. The van der Waals surface area contributed by atoms with Crippen molar-refractivity contribution in [3.8, 4) is 0 Å². The highest BCUT2D eigenvalue weighted by Gasteiger charge is 2.17. The standard InChI is InChI=1S/C17H39N3O2/c1-8-19(9-2)12-14-21-16(5)18(7)17(6)22-15-13-20(10-3)11-4/h16-17H,8-15H2,1-7H3. The van der Waals surface area contributed by atoms with E-state index in [1.54, 1.807) is 0 Å². The highest BCUT2D eigenvalue weighted by atomic mass is 16.5. The average Bonchev–Trinajstić information content (AvgIpc) is 2.54. The molecule has 0 aliphatic carbocycles. The molecule has 0 aromatic heterocycles. The number of nitrogens with zero attached hydrogens (tertiary/aromatic N) is 3. The minimum Gasteiger partial charge on any atom is -0.362 e. The van der Waals surface area contributed by atoms with Crippen LogP contribution in [-0.4, -0.2) is 86.7 Å². The van der Waals surface area contributed by atoms with Crippen LogP contribution >= 0.6 is 0 Å². The summed E-state index contributed by atoms with van der Waals surface area (Å²) in [6.45, 7) is 20.7. The van der Waals surface area contributed by atoms with Crippen LogP contribution in [0.4, 0.5) is 0 Å². The molecular weight excluding hydrogens is 278 g/mol. The van der Waals surface area contributed by atoms with E-state index < -0.39 is 0 Å². The lowest BCUT2D eigenvalue weighted by molar-refractivity contribution is -0.131. The van der Waals surface area contributed by atoms with Gasteiger partial charge in [-0.1, -0.05) is 27.7 Å². The lowest BCUT2D eigenvalue weighted by atomic mass is 10.4. The molecule has 0 aromatic carbocycles. The van der Waals surface area contributed by atoms with Gasteiger partial charge in [0, 0.05) is 13.1 Å². The quantitative estimate of drug-likeness (QED) is 0.459. The highest BCUT2D eigenvalue weighted by Crippen LogP contribution is 2.06. The topological polar surface area (TPSA) is 28.2 Å². The van der Waals surface area contributed by atoms with Gasteiger partial charge in [0.2, 0.25) is 0 Å². The first-order chi connectivity index (χ1) is 10.5. The Morgan fingerprint density at radius 3 is 1.27 bits per heavy atom. The van der Waals surface area contributed by atoms with Crippen molar-refractivity contribution in [2.45, 2.75) is 54.0 Å². The molecule has 0 radical (unpaired) electrons. The van der Waals surface area contributed by atoms with E-state index in [1.165, 1.54) is 0 Å². The van der Waals surface area contributed by atoms with Crippen LogP contribution in [-0.2, 0) is 9.47 Å². The molecule has 0 spiro atoms. The zero-order valence-electron chi connectivity index (χ0n) is 16.0. The summed E-state index contributed by atoms with van der Waals surface area (Å²) in [6.07, 6.45) is 0.137. The Morgan fingerprint density at radius 1 is 0.682 bits per heavy atom. The van der Waals surface area contributed by atoms with Gasteiger partial charge in [-0.05, 0) is 47.1 Å². The zero-order valence-corrected chi connectivity index (χ0v) is 16.0. The first-order valence-electron chi connectivity index (χ1n) is 8.89. The molecule has 22 heavy (non-hydrogen) atoms. The molecule has 134 valence electrons. The summed E-state index contributed by atoms with van der Waals surface area (Å²) >= 11 is 0. The minimum atomic E-state index is 0.0685. The van der Waals surface area contributed by atoms with E-state index in [4.69, 9.17) is 9.47 Å². The maximum atomic E-state index is 5.92. The van der Waals surface area contributed by atoms with E-state index in [0.29, 0.717) is 0 Å². The van der Waals surface area contributed by atoms with Gasteiger partial charge in [-0.3, -0.25) is 4.90 Å². The lowest BCUT2D eigenvalue weighted by Crippen LogP contribution is -2.42. The summed E-state index contributed by atoms with van der Waals surface area (Å²) in [7, 11) is 2.06. The first-order valence-corrected chi connectivity index (χ1v) is 8.89. The summed E-state index contributed by atoms with van der Waals surface area (Å²) in [5, 5.41) is 0. The van der Waals surface area contributed by atoms with Gasteiger partial charge in [0.15, 0.2) is 0 Å². The fraction of sp³-hybridized carbons (Fsp3) is 1.00. The molecule has 0 aromatic rings. The van der Waals surface area contributed by atoms with Crippen LogP contribution in [0.3, 0.4) is 0 Å². The summed E-state index contributed by atoms with van der Waals surface area (Å²) in [6, 6.07) is 0. The zero-order chi connectivity index (χ0) is 17.0. The molecule has 2 unspecified atom stereocenters. The first kappa shape index (κ1) is 21.8. The Labute approximate surface area is 138 Å². The van der Waals surface area contributed by atoms with Crippen LogP contribution in [0.2, 0.25) is 0 Å². The average molecular weight is 318 g/mol. The molecule has 0 amide bonds. The largest absolute Gasteiger partial charge is 0.362 e. The van der Waals surface area contributed by atoms with Crippen LogP contribution in [0.15, 0.2) is 0 Å². The van der Waals surface area contributed by atoms with Gasteiger partial charge in [-0.15, -0.1) is 0 Å². The van der Waals surface area contributed by atoms with Gasteiger partial charge in [-0.25, -0.2) is 0 Å². The van der Waals surface area contributed by atoms with E-state index in [9.17, 15) is 0 Å². The summed E-state index contributed by atoms with van der Waals surface area (Å²) in [5.41, 5.74) is 0. The second-order valence-electron chi connectivity index (χ2n) is 5.66. The molecule has 0 rings (SSSR count). The molecule has 2 atom stereocenters. The van der Waals surface area contributed by atoms with Gasteiger partial charge in [0.25, 0.3) is 0 Å². The van der Waals surface area contributed by atoms with Gasteiger partial charge in [0.05, 0.1) is 13.2 Å². The Balaban J connectivity index is 3.92. The van der Waals surface area contributed by atoms with E-state index >= 15 is 0 Å². The van der Waals surface area contributed by atoms with Crippen LogP contribution in [0.25, 0.3) is 0 Å². The van der Waals surface area contributed by atoms with Crippen LogP contribution in [0.1, 0.15) is 41.5 Å². The summed E-state index contributed by atoms with van der Waals surface area (Å²) < 4.78 is 11.8. The third-order valence-corrected chi connectivity index (χ3v) is 4.47. The molecule has 0 heterocycles. The van der Waals surface area contributed by atoms with E-state index in [2.05, 4.69) is 63.3 Å². The van der Waals surface area contributed by atoms with Crippen molar-refractivity contribution in [1.29, 1.82) is 0 Å². The van der Waals surface area contributed by atoms with E-state index in [0.717, 1.165) is 52.5 Å². The number of likely N-dealkylation sites (N-methyl/N-ethyl adjacent to an activating group) is 2. The Morgan fingerprint density at radius 2 is 1.00 bits per heavy atom. The van der Waals surface area contributed by atoms with Crippen LogP contribution in [0.5, 0.6) is 0 Å². The molecule has 0 saturated carbocycles. The van der Waals surface area contributed by atoms with Crippen molar-refractivity contribution in [2.75, 3.05) is 59.5 Å². The molecule has 0 N–H and O–H groups in total. The maximum absolute atomic E-state index is 5.92. The molecular formula is C17H39N3O2. The minimum absolute atomic E-state index is 0.0685. The second kappa shape index (κ2) is 13.3. The van der Waals surface area contributed by atoms with Gasteiger partial charge >= 0.3 is 0 Å². The number of hydrogen-bond acceptors (Lipinski definition) is 5. The third-order valence-electron chi connectivity index (χ3n) is 4.47. The van der Waals surface area contributed by atoms with Gasteiger partial charge in [0.1, 0.15) is 12.5 Å². The summed E-state index contributed by atoms with van der Waals surface area (Å²) in [5.74, 6) is 0. The van der Waals surface area contributed by atoms with Gasteiger partial charge in [-0.2, -0.15) is 0 Å². The molecule has 5 nitrogen and oxygen atoms in total. The van der Waals surface area contributed by atoms with E-state index in [-0.39, 0.29) is 12.5 Å². The Kier molecular flexibility index (Phi) is 13.1. The monoisotopic (exact) mass is 317 g/mol. The van der Waals surface area contributed by atoms with Crippen molar-refractivity contribution in [3.63, 3.8) is 0 Å². The van der Waals surface area contributed by atoms with Crippen LogP contribution in [0, 0.1) is 0 Å². The Bertz CT molecular complexity index is 222. The molecule has 0 fully saturated rings. The molecule has 0 aliphatic heterocycles. The second-order valence-corrected chi connectivity index (χ2v) is 5.66. The maximum Gasteiger partial charge on any atom is 0.109 e. The molecule has 0 saturated heterocycles. The predicted octanol–water partition coefficient (Wildman–Crippen LogP) is 2.33. The molecule has 5 heteroatoms. The van der Waals surface area contributed by atoms with Crippen molar-refractivity contribution in [1.82, 2.24) is 14.7 Å². The smallest absolute Gasteiger partial charge is 0.109 e. The SMILES string of the molecule is CCN(CC)CCOC(C)N(C)C(C)OCCN(CC)CC. The number of rotatable bonds is 14. The highest BCUT2D eigenvalue weighted by molar-refractivity contribution is 4.59.